The molecule has 0 bridgehead atoms. The van der Waals surface area contributed by atoms with Crippen molar-refractivity contribution in [3.05, 3.63) is 53.1 Å². The maximum Gasteiger partial charge on any atom is 0.490 e. The molecule has 0 saturated heterocycles. The van der Waals surface area contributed by atoms with E-state index in [1.165, 1.54) is 25.3 Å². The van der Waals surface area contributed by atoms with Gasteiger partial charge in [-0.25, -0.2) is 18.7 Å². The van der Waals surface area contributed by atoms with Gasteiger partial charge in [0.05, 0.1) is 20.3 Å². The smallest absolute Gasteiger partial charge is 0.490 e. The molecule has 2 aromatic rings. The Hall–Kier alpha value is -3.80. The molecule has 0 unspecified atom stereocenters. The van der Waals surface area contributed by atoms with Crippen LogP contribution in [-0.4, -0.2) is 69.1 Å². The zero-order chi connectivity index (χ0) is 30.5. The van der Waals surface area contributed by atoms with E-state index in [1.54, 1.807) is 24.3 Å². The number of carboxylic acid groups (broad SMARTS) is 2. The third kappa shape index (κ3) is 12.4. The number of nitrogens with two attached hydrogens (primary N) is 1. The molecular weight excluding hydrogens is 589 g/mol. The highest BCUT2D eigenvalue weighted by Gasteiger charge is 2.38. The van der Waals surface area contributed by atoms with Gasteiger partial charge in [-0.15, -0.1) is 0 Å². The zero-order valence-electron chi connectivity index (χ0n) is 20.7. The van der Waals surface area contributed by atoms with Crippen molar-refractivity contribution in [2.45, 2.75) is 30.0 Å². The van der Waals surface area contributed by atoms with Gasteiger partial charge in [-0.3, -0.25) is 15.0 Å². The Kier molecular flexibility index (Phi) is 13.4. The molecule has 222 valence electrons. The van der Waals surface area contributed by atoms with Crippen LogP contribution in [0.3, 0.4) is 0 Å². The number of ether oxygens (including phenoxy) is 2. The van der Waals surface area contributed by atoms with Crippen molar-refractivity contribution in [2.24, 2.45) is 5.73 Å². The first-order chi connectivity index (χ1) is 18.6. The normalized spacial score (nSPS) is 11.9. The van der Waals surface area contributed by atoms with Crippen LogP contribution in [0.4, 0.5) is 13.2 Å². The fourth-order valence-electron chi connectivity index (χ4n) is 2.70. The number of hydrogen-bond donors (Lipinski definition) is 6. The number of benzene rings is 2. The van der Waals surface area contributed by atoms with Crippen LogP contribution in [0.2, 0.25) is 5.02 Å². The lowest BCUT2D eigenvalue weighted by Gasteiger charge is -2.17. The van der Waals surface area contributed by atoms with Crippen molar-refractivity contribution in [3.63, 3.8) is 0 Å². The molecule has 0 aliphatic heterocycles. The number of alkyl halides is 3. The predicted octanol–water partition coefficient (Wildman–Crippen LogP) is 2.14. The highest BCUT2D eigenvalue weighted by molar-refractivity contribution is 7.89. The molecule has 0 heterocycles. The lowest BCUT2D eigenvalue weighted by molar-refractivity contribution is -0.192. The van der Waals surface area contributed by atoms with Crippen LogP contribution in [0, 0.1) is 5.41 Å². The number of sulfonamides is 1. The summed E-state index contributed by atoms with van der Waals surface area (Å²) in [6.45, 7) is 0.632. The fourth-order valence-corrected chi connectivity index (χ4v) is 4.32. The van der Waals surface area contributed by atoms with Crippen LogP contribution in [0.1, 0.15) is 12.0 Å². The molecule has 2 aromatic carbocycles. The van der Waals surface area contributed by atoms with Gasteiger partial charge in [0.25, 0.3) is 0 Å². The Bertz CT molecular complexity index is 1260. The maximum absolute atomic E-state index is 12.8. The number of methoxy groups -OCH3 is 1. The second-order valence-corrected chi connectivity index (χ2v) is 9.64. The number of hydrogen-bond acceptors (Lipinski definition) is 8. The molecule has 0 radical (unpaired) electrons. The van der Waals surface area contributed by atoms with Crippen molar-refractivity contribution in [3.8, 4) is 11.5 Å². The number of nitrogens with one attached hydrogen (secondary N) is 3. The summed E-state index contributed by atoms with van der Waals surface area (Å²) in [4.78, 5) is 25.3. The van der Waals surface area contributed by atoms with E-state index in [-0.39, 0.29) is 34.7 Å². The van der Waals surface area contributed by atoms with E-state index in [1.807, 2.05) is 0 Å². The predicted molar refractivity (Wildman–Crippen MR) is 135 cm³/mol. The van der Waals surface area contributed by atoms with E-state index in [0.29, 0.717) is 24.3 Å². The number of halogens is 4. The van der Waals surface area contributed by atoms with Gasteiger partial charge in [0.15, 0.2) is 0 Å². The van der Waals surface area contributed by atoms with Crippen LogP contribution in [0.25, 0.3) is 0 Å². The second-order valence-electron chi connectivity index (χ2n) is 7.52. The third-order valence-electron chi connectivity index (χ3n) is 4.46. The summed E-state index contributed by atoms with van der Waals surface area (Å²) in [6.07, 6.45) is -4.64. The highest BCUT2D eigenvalue weighted by Crippen LogP contribution is 2.27. The Labute approximate surface area is 231 Å². The van der Waals surface area contributed by atoms with Crippen molar-refractivity contribution in [1.29, 1.82) is 5.41 Å². The summed E-state index contributed by atoms with van der Waals surface area (Å²) in [5, 5.41) is 23.8. The van der Waals surface area contributed by atoms with E-state index in [4.69, 9.17) is 47.0 Å². The number of rotatable bonds is 13. The number of hydroxylamine groups is 1. The Morgan fingerprint density at radius 1 is 1.12 bits per heavy atom. The number of guanidine groups is 1. The topological polar surface area (TPSA) is 210 Å². The molecule has 1 atom stereocenters. The summed E-state index contributed by atoms with van der Waals surface area (Å²) >= 11 is 5.90. The first kappa shape index (κ1) is 34.2. The first-order valence-corrected chi connectivity index (χ1v) is 12.7. The van der Waals surface area contributed by atoms with Gasteiger partial charge in [0.2, 0.25) is 16.0 Å². The molecular formula is C22H26ClF3N4O9S. The lowest BCUT2D eigenvalue weighted by Crippen LogP contribution is -2.42. The Balaban J connectivity index is 0.00000101. The summed E-state index contributed by atoms with van der Waals surface area (Å²) in [6, 6.07) is 9.21. The van der Waals surface area contributed by atoms with E-state index < -0.39 is 34.2 Å². The quantitative estimate of drug-likeness (QED) is 0.0832. The van der Waals surface area contributed by atoms with Gasteiger partial charge in [-0.2, -0.15) is 17.9 Å². The minimum absolute atomic E-state index is 0.0417. The summed E-state index contributed by atoms with van der Waals surface area (Å²) < 4.78 is 70.1. The van der Waals surface area contributed by atoms with E-state index in [0.717, 1.165) is 0 Å². The van der Waals surface area contributed by atoms with Crippen LogP contribution in [0.5, 0.6) is 11.5 Å². The summed E-state index contributed by atoms with van der Waals surface area (Å²) in [5.41, 5.74) is 7.88. The van der Waals surface area contributed by atoms with Crippen LogP contribution >= 0.6 is 11.6 Å². The van der Waals surface area contributed by atoms with Crippen LogP contribution in [-0.2, 0) is 30.9 Å². The van der Waals surface area contributed by atoms with Crippen molar-refractivity contribution in [2.75, 3.05) is 20.3 Å². The summed E-state index contributed by atoms with van der Waals surface area (Å²) in [7, 11) is -2.92. The molecule has 18 heteroatoms. The molecule has 40 heavy (non-hydrogen) atoms. The van der Waals surface area contributed by atoms with E-state index in [2.05, 4.69) is 10.2 Å². The molecule has 0 spiro atoms. The SMILES string of the molecule is COc1ccc(Cl)cc1S(=O)(=O)N[C@@H](Cc1ccc(OCCCONC(=N)N)cc1)C(=O)O.O=C(O)C(F)(F)F. The molecule has 0 fully saturated rings. The van der Waals surface area contributed by atoms with Crippen molar-refractivity contribution >= 4 is 39.5 Å². The fraction of sp³-hybridized carbons (Fsp3) is 0.318. The molecule has 0 aliphatic rings. The Morgan fingerprint density at radius 2 is 1.73 bits per heavy atom. The second kappa shape index (κ2) is 15.7. The molecule has 0 aliphatic carbocycles. The zero-order valence-corrected chi connectivity index (χ0v) is 22.3. The minimum atomic E-state index is -5.08. The van der Waals surface area contributed by atoms with E-state index >= 15 is 0 Å². The third-order valence-corrected chi connectivity index (χ3v) is 6.19. The first-order valence-electron chi connectivity index (χ1n) is 10.9. The Morgan fingerprint density at radius 3 is 2.23 bits per heavy atom. The standard InChI is InChI=1S/C20H25ClN4O7S.C2HF3O2/c1-30-17-8-5-14(21)12-18(17)33(28,29)25-16(19(26)27)11-13-3-6-15(7-4-13)31-9-2-10-32-24-20(22)23;3-2(4,5)1(6)7/h3-8,12,16,25H,2,9-11H2,1H3,(H,26,27)(H4,22,23,24);(H,6,7)/t16-;/m0./s1. The molecule has 0 amide bonds. The average molecular weight is 615 g/mol. The van der Waals surface area contributed by atoms with Gasteiger partial charge < -0.3 is 25.4 Å². The molecule has 0 saturated carbocycles. The van der Waals surface area contributed by atoms with Crippen molar-refractivity contribution < 1.29 is 55.7 Å². The molecule has 2 rings (SSSR count). The average Bonchev–Trinajstić information content (AvgIpc) is 2.86. The largest absolute Gasteiger partial charge is 0.495 e. The highest BCUT2D eigenvalue weighted by atomic mass is 35.5. The monoisotopic (exact) mass is 614 g/mol. The molecule has 13 nitrogen and oxygen atoms in total. The molecule has 0 aromatic heterocycles. The molecule has 7 N–H and O–H groups in total. The number of aliphatic carboxylic acids is 2. The van der Waals surface area contributed by atoms with Gasteiger partial charge in [-0.05, 0) is 42.3 Å². The van der Waals surface area contributed by atoms with Gasteiger partial charge in [-0.1, -0.05) is 23.7 Å². The van der Waals surface area contributed by atoms with Crippen molar-refractivity contribution in [1.82, 2.24) is 10.2 Å². The minimum Gasteiger partial charge on any atom is -0.495 e. The van der Waals surface area contributed by atoms with E-state index in [9.17, 15) is 31.5 Å². The van der Waals surface area contributed by atoms with Gasteiger partial charge >= 0.3 is 18.1 Å². The van der Waals surface area contributed by atoms with Crippen LogP contribution < -0.4 is 25.4 Å². The summed E-state index contributed by atoms with van der Waals surface area (Å²) in [5.74, 6) is -3.79. The number of carboxylic acids is 2. The number of carbonyl (C=O) groups is 2. The van der Waals surface area contributed by atoms with Gasteiger partial charge in [0, 0.05) is 11.4 Å². The van der Waals surface area contributed by atoms with Gasteiger partial charge in [0.1, 0.15) is 22.4 Å². The lowest BCUT2D eigenvalue weighted by atomic mass is 10.1. The van der Waals surface area contributed by atoms with Crippen LogP contribution in [0.15, 0.2) is 47.4 Å². The maximum atomic E-state index is 12.8.